The number of nitrogen functional groups attached to an aromatic ring is 1. The second-order valence-electron chi connectivity index (χ2n) is 4.77. The van der Waals surface area contributed by atoms with Gasteiger partial charge < -0.3 is 10.3 Å². The largest absolute Gasteiger partial charge is 0.398 e. The summed E-state index contributed by atoms with van der Waals surface area (Å²) < 4.78 is 15.3. The lowest BCUT2D eigenvalue weighted by Crippen LogP contribution is -2.04. The standard InChI is InChI=1S/C16H15FN2/c1-11-8-12-4-2-3-5-16(12)19(11)10-13-6-7-14(17)9-15(13)18/h2-9H,10,18H2,1H3. The van der Waals surface area contributed by atoms with Crippen LogP contribution >= 0.6 is 0 Å². The molecular weight excluding hydrogens is 239 g/mol. The fraction of sp³-hybridized carbons (Fsp3) is 0.125. The highest BCUT2D eigenvalue weighted by Gasteiger charge is 2.07. The van der Waals surface area contributed by atoms with E-state index in [1.54, 1.807) is 6.07 Å². The van der Waals surface area contributed by atoms with Crippen LogP contribution in [0.25, 0.3) is 10.9 Å². The monoisotopic (exact) mass is 254 g/mol. The third-order valence-corrected chi connectivity index (χ3v) is 3.45. The van der Waals surface area contributed by atoms with Gasteiger partial charge in [-0.25, -0.2) is 4.39 Å². The van der Waals surface area contributed by atoms with Crippen molar-refractivity contribution in [1.29, 1.82) is 0 Å². The summed E-state index contributed by atoms with van der Waals surface area (Å²) in [6.07, 6.45) is 0. The van der Waals surface area contributed by atoms with Gasteiger partial charge in [0.05, 0.1) is 0 Å². The zero-order chi connectivity index (χ0) is 13.4. The lowest BCUT2D eigenvalue weighted by molar-refractivity contribution is 0.627. The van der Waals surface area contributed by atoms with E-state index in [4.69, 9.17) is 5.73 Å². The zero-order valence-corrected chi connectivity index (χ0v) is 10.7. The third-order valence-electron chi connectivity index (χ3n) is 3.45. The van der Waals surface area contributed by atoms with Crippen molar-refractivity contribution < 1.29 is 4.39 Å². The lowest BCUT2D eigenvalue weighted by atomic mass is 10.1. The van der Waals surface area contributed by atoms with Crippen molar-refractivity contribution in [2.75, 3.05) is 5.73 Å². The molecule has 1 heterocycles. The predicted molar refractivity (Wildman–Crippen MR) is 76.6 cm³/mol. The Bertz CT molecular complexity index is 744. The normalized spacial score (nSPS) is 11.1. The average molecular weight is 254 g/mol. The Morgan fingerprint density at radius 1 is 1.11 bits per heavy atom. The first-order chi connectivity index (χ1) is 9.15. The summed E-state index contributed by atoms with van der Waals surface area (Å²) in [6.45, 7) is 2.73. The Morgan fingerprint density at radius 3 is 2.68 bits per heavy atom. The maximum atomic E-state index is 13.1. The minimum atomic E-state index is -0.296. The second kappa shape index (κ2) is 4.43. The molecule has 1 aromatic heterocycles. The average Bonchev–Trinajstić information content (AvgIpc) is 2.69. The Labute approximate surface area is 111 Å². The topological polar surface area (TPSA) is 30.9 Å². The van der Waals surface area contributed by atoms with Gasteiger partial charge in [0, 0.05) is 23.4 Å². The lowest BCUT2D eigenvalue weighted by Gasteiger charge is -2.10. The van der Waals surface area contributed by atoms with Crippen LogP contribution in [-0.4, -0.2) is 4.57 Å². The van der Waals surface area contributed by atoms with E-state index in [1.165, 1.54) is 28.7 Å². The number of benzene rings is 2. The van der Waals surface area contributed by atoms with Crippen LogP contribution in [0, 0.1) is 12.7 Å². The number of para-hydroxylation sites is 1. The van der Waals surface area contributed by atoms with Crippen molar-refractivity contribution in [3.05, 3.63) is 65.6 Å². The fourth-order valence-corrected chi connectivity index (χ4v) is 2.44. The fourth-order valence-electron chi connectivity index (χ4n) is 2.44. The van der Waals surface area contributed by atoms with E-state index < -0.39 is 0 Å². The number of hydrogen-bond donors (Lipinski definition) is 1. The molecule has 0 spiro atoms. The number of anilines is 1. The molecule has 0 amide bonds. The summed E-state index contributed by atoms with van der Waals surface area (Å²) in [5.74, 6) is -0.296. The molecule has 2 N–H and O–H groups in total. The molecule has 0 radical (unpaired) electrons. The van der Waals surface area contributed by atoms with Crippen LogP contribution in [-0.2, 0) is 6.54 Å². The van der Waals surface area contributed by atoms with Gasteiger partial charge in [-0.15, -0.1) is 0 Å². The van der Waals surface area contributed by atoms with E-state index in [9.17, 15) is 4.39 Å². The van der Waals surface area contributed by atoms with Crippen LogP contribution in [0.4, 0.5) is 10.1 Å². The van der Waals surface area contributed by atoms with Gasteiger partial charge in [0.2, 0.25) is 0 Å². The molecule has 0 atom stereocenters. The van der Waals surface area contributed by atoms with Gasteiger partial charge in [-0.05, 0) is 42.1 Å². The van der Waals surface area contributed by atoms with Crippen LogP contribution < -0.4 is 5.73 Å². The summed E-state index contributed by atoms with van der Waals surface area (Å²) in [5, 5.41) is 1.21. The highest BCUT2D eigenvalue weighted by molar-refractivity contribution is 5.81. The van der Waals surface area contributed by atoms with Gasteiger partial charge in [-0.2, -0.15) is 0 Å². The molecule has 2 nitrogen and oxygen atoms in total. The highest BCUT2D eigenvalue weighted by Crippen LogP contribution is 2.22. The summed E-state index contributed by atoms with van der Waals surface area (Å²) in [7, 11) is 0. The van der Waals surface area contributed by atoms with Crippen LogP contribution in [0.2, 0.25) is 0 Å². The number of aryl methyl sites for hydroxylation is 1. The van der Waals surface area contributed by atoms with Gasteiger partial charge in [0.25, 0.3) is 0 Å². The van der Waals surface area contributed by atoms with E-state index >= 15 is 0 Å². The molecule has 3 heteroatoms. The van der Waals surface area contributed by atoms with Crippen molar-refractivity contribution in [2.24, 2.45) is 0 Å². The summed E-state index contributed by atoms with van der Waals surface area (Å²) in [6, 6.07) is 14.9. The minimum absolute atomic E-state index is 0.296. The number of nitrogens with two attached hydrogens (primary N) is 1. The molecule has 0 aliphatic rings. The van der Waals surface area contributed by atoms with Crippen LogP contribution in [0.3, 0.4) is 0 Å². The minimum Gasteiger partial charge on any atom is -0.398 e. The molecule has 3 rings (SSSR count). The molecule has 19 heavy (non-hydrogen) atoms. The molecule has 0 saturated heterocycles. The number of hydrogen-bond acceptors (Lipinski definition) is 1. The van der Waals surface area contributed by atoms with E-state index in [-0.39, 0.29) is 5.82 Å². The Morgan fingerprint density at radius 2 is 1.89 bits per heavy atom. The maximum Gasteiger partial charge on any atom is 0.125 e. The molecule has 0 saturated carbocycles. The number of halogens is 1. The van der Waals surface area contributed by atoms with Crippen molar-refractivity contribution in [3.63, 3.8) is 0 Å². The SMILES string of the molecule is Cc1cc2ccccc2n1Cc1ccc(F)cc1N. The van der Waals surface area contributed by atoms with Gasteiger partial charge in [0.15, 0.2) is 0 Å². The van der Waals surface area contributed by atoms with Crippen molar-refractivity contribution in [2.45, 2.75) is 13.5 Å². The van der Waals surface area contributed by atoms with Crippen molar-refractivity contribution in [1.82, 2.24) is 4.57 Å². The Kier molecular flexibility index (Phi) is 2.75. The molecule has 0 aliphatic heterocycles. The molecule has 3 aromatic rings. The predicted octanol–water partition coefficient (Wildman–Crippen LogP) is 3.72. The molecule has 0 aliphatic carbocycles. The number of aromatic nitrogens is 1. The van der Waals surface area contributed by atoms with Crippen molar-refractivity contribution in [3.8, 4) is 0 Å². The summed E-state index contributed by atoms with van der Waals surface area (Å²) in [5.41, 5.74) is 9.65. The first-order valence-corrected chi connectivity index (χ1v) is 6.24. The number of fused-ring (bicyclic) bond motifs is 1. The zero-order valence-electron chi connectivity index (χ0n) is 10.7. The first kappa shape index (κ1) is 11.8. The molecule has 96 valence electrons. The molecule has 0 unspecified atom stereocenters. The van der Waals surface area contributed by atoms with Gasteiger partial charge in [-0.1, -0.05) is 24.3 Å². The van der Waals surface area contributed by atoms with Crippen LogP contribution in [0.1, 0.15) is 11.3 Å². The number of nitrogens with zero attached hydrogens (tertiary/aromatic N) is 1. The first-order valence-electron chi connectivity index (χ1n) is 6.24. The van der Waals surface area contributed by atoms with Gasteiger partial charge >= 0.3 is 0 Å². The Hall–Kier alpha value is -2.29. The van der Waals surface area contributed by atoms with Crippen LogP contribution in [0.15, 0.2) is 48.5 Å². The van der Waals surface area contributed by atoms with E-state index in [0.717, 1.165) is 5.56 Å². The third kappa shape index (κ3) is 2.08. The summed E-state index contributed by atoms with van der Waals surface area (Å²) in [4.78, 5) is 0. The molecule has 0 bridgehead atoms. The van der Waals surface area contributed by atoms with Crippen molar-refractivity contribution >= 4 is 16.6 Å². The molecule has 0 fully saturated rings. The second-order valence-corrected chi connectivity index (χ2v) is 4.77. The van der Waals surface area contributed by atoms with Crippen LogP contribution in [0.5, 0.6) is 0 Å². The molecular formula is C16H15FN2. The van der Waals surface area contributed by atoms with E-state index in [2.05, 4.69) is 29.7 Å². The maximum absolute atomic E-state index is 13.1. The van der Waals surface area contributed by atoms with E-state index in [1.807, 2.05) is 12.1 Å². The van der Waals surface area contributed by atoms with E-state index in [0.29, 0.717) is 12.2 Å². The smallest absolute Gasteiger partial charge is 0.125 e. The molecule has 2 aromatic carbocycles. The quantitative estimate of drug-likeness (QED) is 0.694. The Balaban J connectivity index is 2.08. The van der Waals surface area contributed by atoms with Gasteiger partial charge in [-0.3, -0.25) is 0 Å². The van der Waals surface area contributed by atoms with Gasteiger partial charge in [0.1, 0.15) is 5.82 Å². The summed E-state index contributed by atoms with van der Waals surface area (Å²) >= 11 is 0. The number of rotatable bonds is 2. The highest BCUT2D eigenvalue weighted by atomic mass is 19.1.